The first-order valence-electron chi connectivity index (χ1n) is 8.36. The molecule has 0 atom stereocenters. The van der Waals surface area contributed by atoms with Crippen LogP contribution in [-0.4, -0.2) is 47.8 Å². The summed E-state index contributed by atoms with van der Waals surface area (Å²) >= 11 is 0. The van der Waals surface area contributed by atoms with Gasteiger partial charge in [-0.15, -0.1) is 0 Å². The molecule has 2 aromatic rings. The highest BCUT2D eigenvalue weighted by molar-refractivity contribution is 6.01. The minimum absolute atomic E-state index is 0.0415. The fourth-order valence-electron chi connectivity index (χ4n) is 3.14. The predicted molar refractivity (Wildman–Crippen MR) is 94.7 cm³/mol. The van der Waals surface area contributed by atoms with Crippen LogP contribution in [-0.2, 0) is 4.79 Å². The highest BCUT2D eigenvalue weighted by Gasteiger charge is 2.23. The van der Waals surface area contributed by atoms with Crippen LogP contribution in [0.5, 0.6) is 0 Å². The second-order valence-corrected chi connectivity index (χ2v) is 6.06. The Kier molecular flexibility index (Phi) is 4.94. The molecule has 4 heteroatoms. The van der Waals surface area contributed by atoms with Gasteiger partial charge >= 0.3 is 0 Å². The molecule has 1 aliphatic rings. The first-order chi connectivity index (χ1) is 11.7. The summed E-state index contributed by atoms with van der Waals surface area (Å²) in [4.78, 5) is 28.3. The Balaban J connectivity index is 1.84. The molecule has 24 heavy (non-hydrogen) atoms. The maximum absolute atomic E-state index is 13.0. The standard InChI is InChI=1S/C20H22N2O2/c1-16(23)21-12-7-13-22(15-14-21)20(24)19-11-6-5-10-18(19)17-8-3-2-4-9-17/h2-6,8-11H,7,12-15H2,1H3. The Morgan fingerprint density at radius 2 is 1.42 bits per heavy atom. The predicted octanol–water partition coefficient (Wildman–Crippen LogP) is 3.05. The second-order valence-electron chi connectivity index (χ2n) is 6.06. The summed E-state index contributed by atoms with van der Waals surface area (Å²) in [6, 6.07) is 17.7. The van der Waals surface area contributed by atoms with Gasteiger partial charge in [0.2, 0.25) is 5.91 Å². The third-order valence-corrected chi connectivity index (χ3v) is 4.47. The molecule has 124 valence electrons. The van der Waals surface area contributed by atoms with Crippen molar-refractivity contribution in [1.29, 1.82) is 0 Å². The van der Waals surface area contributed by atoms with E-state index in [4.69, 9.17) is 0 Å². The van der Waals surface area contributed by atoms with Crippen molar-refractivity contribution in [2.75, 3.05) is 26.2 Å². The Morgan fingerprint density at radius 3 is 2.17 bits per heavy atom. The van der Waals surface area contributed by atoms with Gasteiger partial charge < -0.3 is 9.80 Å². The van der Waals surface area contributed by atoms with Crippen LogP contribution >= 0.6 is 0 Å². The lowest BCUT2D eigenvalue weighted by Gasteiger charge is -2.22. The van der Waals surface area contributed by atoms with Gasteiger partial charge in [0, 0.05) is 38.7 Å². The van der Waals surface area contributed by atoms with E-state index < -0.39 is 0 Å². The van der Waals surface area contributed by atoms with Gasteiger partial charge in [0.25, 0.3) is 5.91 Å². The van der Waals surface area contributed by atoms with E-state index in [1.807, 2.05) is 64.4 Å². The average Bonchev–Trinajstić information content (AvgIpc) is 2.88. The fraction of sp³-hybridized carbons (Fsp3) is 0.300. The molecule has 0 N–H and O–H groups in total. The molecule has 0 aliphatic carbocycles. The minimum atomic E-state index is 0.0415. The number of benzene rings is 2. The summed E-state index contributed by atoms with van der Waals surface area (Å²) < 4.78 is 0. The second kappa shape index (κ2) is 7.30. The molecule has 2 amide bonds. The van der Waals surface area contributed by atoms with E-state index in [0.717, 1.165) is 29.7 Å². The molecule has 1 fully saturated rings. The number of carbonyl (C=O) groups is 2. The number of hydrogen-bond acceptors (Lipinski definition) is 2. The van der Waals surface area contributed by atoms with Crippen LogP contribution in [0.4, 0.5) is 0 Å². The molecule has 1 heterocycles. The lowest BCUT2D eigenvalue weighted by atomic mass is 9.99. The van der Waals surface area contributed by atoms with Gasteiger partial charge in [-0.3, -0.25) is 9.59 Å². The Morgan fingerprint density at radius 1 is 0.792 bits per heavy atom. The van der Waals surface area contributed by atoms with E-state index >= 15 is 0 Å². The maximum atomic E-state index is 13.0. The number of carbonyl (C=O) groups excluding carboxylic acids is 2. The smallest absolute Gasteiger partial charge is 0.254 e. The monoisotopic (exact) mass is 322 g/mol. The number of amides is 2. The highest BCUT2D eigenvalue weighted by atomic mass is 16.2. The largest absolute Gasteiger partial charge is 0.341 e. The SMILES string of the molecule is CC(=O)N1CCCN(C(=O)c2ccccc2-c2ccccc2)CC1. The third kappa shape index (κ3) is 3.48. The van der Waals surface area contributed by atoms with Crippen molar-refractivity contribution in [1.82, 2.24) is 9.80 Å². The number of rotatable bonds is 2. The van der Waals surface area contributed by atoms with Crippen LogP contribution in [0.1, 0.15) is 23.7 Å². The molecule has 0 aromatic heterocycles. The number of hydrogen-bond donors (Lipinski definition) is 0. The van der Waals surface area contributed by atoms with Gasteiger partial charge in [0.1, 0.15) is 0 Å². The molecule has 0 spiro atoms. The van der Waals surface area contributed by atoms with Crippen molar-refractivity contribution < 1.29 is 9.59 Å². The molecule has 1 saturated heterocycles. The lowest BCUT2D eigenvalue weighted by Crippen LogP contribution is -2.36. The summed E-state index contributed by atoms with van der Waals surface area (Å²) in [5.74, 6) is 0.119. The number of nitrogens with zero attached hydrogens (tertiary/aromatic N) is 2. The Bertz CT molecular complexity index is 727. The van der Waals surface area contributed by atoms with E-state index in [-0.39, 0.29) is 11.8 Å². The van der Waals surface area contributed by atoms with E-state index in [2.05, 4.69) is 0 Å². The first-order valence-corrected chi connectivity index (χ1v) is 8.36. The van der Waals surface area contributed by atoms with Gasteiger partial charge in [-0.25, -0.2) is 0 Å². The van der Waals surface area contributed by atoms with E-state index in [1.165, 1.54) is 0 Å². The average molecular weight is 322 g/mol. The van der Waals surface area contributed by atoms with Gasteiger partial charge in [-0.1, -0.05) is 48.5 Å². The zero-order chi connectivity index (χ0) is 16.9. The van der Waals surface area contributed by atoms with Crippen molar-refractivity contribution in [3.63, 3.8) is 0 Å². The highest BCUT2D eigenvalue weighted by Crippen LogP contribution is 2.25. The van der Waals surface area contributed by atoms with Crippen molar-refractivity contribution in [3.05, 3.63) is 60.2 Å². The summed E-state index contributed by atoms with van der Waals surface area (Å²) in [5, 5.41) is 0. The zero-order valence-electron chi connectivity index (χ0n) is 13.9. The normalized spacial score (nSPS) is 15.0. The van der Waals surface area contributed by atoms with Crippen LogP contribution in [0.25, 0.3) is 11.1 Å². The zero-order valence-corrected chi connectivity index (χ0v) is 13.9. The van der Waals surface area contributed by atoms with Gasteiger partial charge in [-0.2, -0.15) is 0 Å². The molecule has 1 aliphatic heterocycles. The first kappa shape index (κ1) is 16.2. The van der Waals surface area contributed by atoms with Crippen molar-refractivity contribution in [2.45, 2.75) is 13.3 Å². The molecule has 4 nitrogen and oxygen atoms in total. The van der Waals surface area contributed by atoms with Crippen LogP contribution in [0.3, 0.4) is 0 Å². The quantitative estimate of drug-likeness (QED) is 0.852. The molecule has 0 bridgehead atoms. The van der Waals surface area contributed by atoms with Crippen molar-refractivity contribution in [2.24, 2.45) is 0 Å². The van der Waals surface area contributed by atoms with E-state index in [1.54, 1.807) is 6.92 Å². The topological polar surface area (TPSA) is 40.6 Å². The minimum Gasteiger partial charge on any atom is -0.341 e. The summed E-state index contributed by atoms with van der Waals surface area (Å²) in [6.07, 6.45) is 0.818. The maximum Gasteiger partial charge on any atom is 0.254 e. The summed E-state index contributed by atoms with van der Waals surface area (Å²) in [7, 11) is 0. The third-order valence-electron chi connectivity index (χ3n) is 4.47. The Labute approximate surface area is 142 Å². The fourth-order valence-corrected chi connectivity index (χ4v) is 3.14. The lowest BCUT2D eigenvalue weighted by molar-refractivity contribution is -0.128. The van der Waals surface area contributed by atoms with Crippen molar-refractivity contribution >= 4 is 11.8 Å². The van der Waals surface area contributed by atoms with Gasteiger partial charge in [0.05, 0.1) is 0 Å². The van der Waals surface area contributed by atoms with E-state index in [0.29, 0.717) is 19.6 Å². The molecule has 3 rings (SSSR count). The van der Waals surface area contributed by atoms with Crippen molar-refractivity contribution in [3.8, 4) is 11.1 Å². The van der Waals surface area contributed by atoms with Crippen LogP contribution in [0, 0.1) is 0 Å². The van der Waals surface area contributed by atoms with Gasteiger partial charge in [0.15, 0.2) is 0 Å². The van der Waals surface area contributed by atoms with Crippen LogP contribution in [0.2, 0.25) is 0 Å². The molecule has 0 saturated carbocycles. The molecule has 0 unspecified atom stereocenters. The Hall–Kier alpha value is -2.62. The summed E-state index contributed by atoms with van der Waals surface area (Å²) in [5.41, 5.74) is 2.72. The van der Waals surface area contributed by atoms with Crippen LogP contribution < -0.4 is 0 Å². The summed E-state index contributed by atoms with van der Waals surface area (Å²) in [6.45, 7) is 4.18. The molecule has 2 aromatic carbocycles. The van der Waals surface area contributed by atoms with Gasteiger partial charge in [-0.05, 0) is 23.6 Å². The molecule has 0 radical (unpaired) electrons. The molecular formula is C20H22N2O2. The molecular weight excluding hydrogens is 300 g/mol. The van der Waals surface area contributed by atoms with Crippen LogP contribution in [0.15, 0.2) is 54.6 Å². The van der Waals surface area contributed by atoms with E-state index in [9.17, 15) is 9.59 Å².